The van der Waals surface area contributed by atoms with Crippen molar-refractivity contribution in [2.45, 2.75) is 39.2 Å². The minimum absolute atomic E-state index is 0.0288. The fourth-order valence-electron chi connectivity index (χ4n) is 2.37. The summed E-state index contributed by atoms with van der Waals surface area (Å²) in [6.45, 7) is 6.17. The van der Waals surface area contributed by atoms with Crippen LogP contribution < -0.4 is 0 Å². The Bertz CT molecular complexity index is 564. The summed E-state index contributed by atoms with van der Waals surface area (Å²) in [6.07, 6.45) is 7.47. The number of pyridine rings is 1. The van der Waals surface area contributed by atoms with Gasteiger partial charge in [0.2, 0.25) is 5.91 Å². The number of rotatable bonds is 11. The molecule has 1 rings (SSSR count). The van der Waals surface area contributed by atoms with Gasteiger partial charge in [0.1, 0.15) is 11.2 Å². The minimum Gasteiger partial charge on any atom is -0.328 e. The van der Waals surface area contributed by atoms with Crippen molar-refractivity contribution < 1.29 is 4.79 Å². The number of carbonyl (C=O) groups excluding carboxylic acids is 1. The number of nitrogens with zero attached hydrogens (tertiary/aromatic N) is 4. The molecule has 0 aliphatic carbocycles. The normalized spacial score (nSPS) is 12.5. The van der Waals surface area contributed by atoms with Crippen LogP contribution in [0.3, 0.4) is 0 Å². The summed E-state index contributed by atoms with van der Waals surface area (Å²) in [7, 11) is 2.02. The molecule has 0 aliphatic heterocycles. The van der Waals surface area contributed by atoms with E-state index in [0.29, 0.717) is 25.2 Å². The average Bonchev–Trinajstić information content (AvgIpc) is 2.61. The van der Waals surface area contributed by atoms with E-state index < -0.39 is 6.04 Å². The van der Waals surface area contributed by atoms with Gasteiger partial charge in [0.25, 0.3) is 0 Å². The molecule has 1 N–H and O–H groups in total. The van der Waals surface area contributed by atoms with E-state index in [0.717, 1.165) is 19.4 Å². The zero-order valence-electron chi connectivity index (χ0n) is 15.3. The summed E-state index contributed by atoms with van der Waals surface area (Å²) in [5, 5.41) is 7.68. The van der Waals surface area contributed by atoms with Crippen LogP contribution in [0, 0.1) is 5.41 Å². The fourth-order valence-corrected chi connectivity index (χ4v) is 2.54. The Balaban J connectivity index is 2.72. The number of aliphatic imine (C=N–C) groups is 1. The summed E-state index contributed by atoms with van der Waals surface area (Å²) in [5.74, 6) is -0.0288. The van der Waals surface area contributed by atoms with Crippen molar-refractivity contribution in [3.05, 3.63) is 24.5 Å². The number of hydrogen-bond acceptors (Lipinski definition) is 5. The lowest BCUT2D eigenvalue weighted by Crippen LogP contribution is -2.45. The Kier molecular flexibility index (Phi) is 9.96. The molecule has 1 atom stereocenters. The van der Waals surface area contributed by atoms with Crippen LogP contribution in [0.15, 0.2) is 29.5 Å². The van der Waals surface area contributed by atoms with Gasteiger partial charge in [0.05, 0.1) is 11.9 Å². The highest BCUT2D eigenvalue weighted by atomic mass is 35.5. The quantitative estimate of drug-likeness (QED) is 0.611. The lowest BCUT2D eigenvalue weighted by molar-refractivity contribution is -0.131. The van der Waals surface area contributed by atoms with Gasteiger partial charge in [-0.3, -0.25) is 20.2 Å². The molecular formula is C18H28ClN5O. The average molecular weight is 366 g/mol. The molecule has 1 amide bonds. The molecule has 1 unspecified atom stereocenters. The third-order valence-electron chi connectivity index (χ3n) is 3.87. The molecule has 0 saturated heterocycles. The van der Waals surface area contributed by atoms with Crippen molar-refractivity contribution in [1.82, 2.24) is 14.8 Å². The number of hydrogen-bond donors (Lipinski definition) is 1. The number of carbonyl (C=O) groups is 1. The van der Waals surface area contributed by atoms with Crippen LogP contribution in [-0.4, -0.2) is 64.8 Å². The smallest absolute Gasteiger partial charge is 0.224 e. The topological polar surface area (TPSA) is 72.7 Å². The Labute approximate surface area is 155 Å². The highest BCUT2D eigenvalue weighted by molar-refractivity contribution is 6.67. The summed E-state index contributed by atoms with van der Waals surface area (Å²) in [6, 6.07) is 2.93. The molecule has 0 fully saturated rings. The van der Waals surface area contributed by atoms with E-state index in [1.54, 1.807) is 29.4 Å². The van der Waals surface area contributed by atoms with Gasteiger partial charge in [-0.2, -0.15) is 0 Å². The first-order valence-corrected chi connectivity index (χ1v) is 9.03. The first-order valence-electron chi connectivity index (χ1n) is 8.65. The molecule has 0 radical (unpaired) electrons. The van der Waals surface area contributed by atoms with Crippen LogP contribution >= 0.6 is 11.6 Å². The molecule has 1 aromatic heterocycles. The number of amides is 1. The number of halogens is 1. The van der Waals surface area contributed by atoms with Crippen LogP contribution in [-0.2, 0) is 4.79 Å². The molecule has 7 heteroatoms. The lowest BCUT2D eigenvalue weighted by Gasteiger charge is -2.27. The van der Waals surface area contributed by atoms with E-state index >= 15 is 0 Å². The summed E-state index contributed by atoms with van der Waals surface area (Å²) in [5.41, 5.74) is 0.660. The zero-order chi connectivity index (χ0) is 18.7. The van der Waals surface area contributed by atoms with Gasteiger partial charge in [0, 0.05) is 31.9 Å². The van der Waals surface area contributed by atoms with Crippen LogP contribution in [0.4, 0.5) is 5.69 Å². The van der Waals surface area contributed by atoms with Crippen molar-refractivity contribution in [3.8, 4) is 0 Å². The monoisotopic (exact) mass is 365 g/mol. The van der Waals surface area contributed by atoms with E-state index in [2.05, 4.69) is 21.8 Å². The van der Waals surface area contributed by atoms with E-state index in [-0.39, 0.29) is 11.1 Å². The molecule has 1 aromatic rings. The van der Waals surface area contributed by atoms with Crippen LogP contribution in [0.5, 0.6) is 0 Å². The van der Waals surface area contributed by atoms with Crippen molar-refractivity contribution in [2.24, 2.45) is 4.99 Å². The Morgan fingerprint density at radius 1 is 1.44 bits per heavy atom. The molecule has 0 spiro atoms. The minimum atomic E-state index is -0.652. The Hall–Kier alpha value is -1.79. The molecule has 25 heavy (non-hydrogen) atoms. The first-order chi connectivity index (χ1) is 12.0. The second-order valence-electron chi connectivity index (χ2n) is 5.87. The lowest BCUT2D eigenvalue weighted by atomic mass is 10.2. The second kappa shape index (κ2) is 11.7. The van der Waals surface area contributed by atoms with Gasteiger partial charge in [-0.1, -0.05) is 24.9 Å². The number of unbranched alkanes of at least 4 members (excludes halogenated alkanes) is 1. The summed E-state index contributed by atoms with van der Waals surface area (Å²) in [4.78, 5) is 24.6. The van der Waals surface area contributed by atoms with Crippen LogP contribution in [0.1, 0.15) is 33.1 Å². The van der Waals surface area contributed by atoms with E-state index in [1.165, 1.54) is 6.21 Å². The summed E-state index contributed by atoms with van der Waals surface area (Å²) >= 11 is 5.93. The Morgan fingerprint density at radius 2 is 2.20 bits per heavy atom. The van der Waals surface area contributed by atoms with Crippen molar-refractivity contribution in [3.63, 3.8) is 0 Å². The fraction of sp³-hybridized carbons (Fsp3) is 0.556. The van der Waals surface area contributed by atoms with Crippen molar-refractivity contribution in [1.29, 1.82) is 5.41 Å². The molecule has 6 nitrogen and oxygen atoms in total. The SMILES string of the molecule is CCCCN(C)CCC(=O)N(CC)C(C=Nc1cccnc1)C(=N)Cl. The van der Waals surface area contributed by atoms with Gasteiger partial charge < -0.3 is 9.80 Å². The summed E-state index contributed by atoms with van der Waals surface area (Å²) < 4.78 is 0. The van der Waals surface area contributed by atoms with Crippen molar-refractivity contribution >= 4 is 34.6 Å². The first kappa shape index (κ1) is 21.3. The third kappa shape index (κ3) is 7.75. The van der Waals surface area contributed by atoms with Gasteiger partial charge in [-0.15, -0.1) is 0 Å². The van der Waals surface area contributed by atoms with E-state index in [1.807, 2.05) is 14.0 Å². The number of aromatic nitrogens is 1. The van der Waals surface area contributed by atoms with E-state index in [9.17, 15) is 4.79 Å². The maximum Gasteiger partial charge on any atom is 0.224 e. The zero-order valence-corrected chi connectivity index (χ0v) is 16.0. The van der Waals surface area contributed by atoms with Gasteiger partial charge >= 0.3 is 0 Å². The molecule has 138 valence electrons. The van der Waals surface area contributed by atoms with Crippen LogP contribution in [0.2, 0.25) is 0 Å². The highest BCUT2D eigenvalue weighted by Crippen LogP contribution is 2.11. The molecule has 0 aromatic carbocycles. The van der Waals surface area contributed by atoms with E-state index in [4.69, 9.17) is 17.0 Å². The predicted molar refractivity (Wildman–Crippen MR) is 104 cm³/mol. The molecule has 0 saturated carbocycles. The highest BCUT2D eigenvalue weighted by Gasteiger charge is 2.23. The second-order valence-corrected chi connectivity index (χ2v) is 6.28. The van der Waals surface area contributed by atoms with Gasteiger partial charge in [-0.25, -0.2) is 0 Å². The standard InChI is InChI=1S/C18H28ClN5O/c1-4-6-11-23(3)12-9-17(25)24(5-2)16(18(19)20)14-22-15-8-7-10-21-13-15/h7-8,10,13-14,16,20H,4-6,9,11-12H2,1-3H3. The number of nitrogens with one attached hydrogen (secondary N) is 1. The predicted octanol–water partition coefficient (Wildman–Crippen LogP) is 3.34. The van der Waals surface area contributed by atoms with Gasteiger partial charge in [0.15, 0.2) is 0 Å². The largest absolute Gasteiger partial charge is 0.328 e. The maximum atomic E-state index is 12.6. The molecule has 1 heterocycles. The molecule has 0 aliphatic rings. The maximum absolute atomic E-state index is 12.6. The Morgan fingerprint density at radius 3 is 2.76 bits per heavy atom. The molecular weight excluding hydrogens is 338 g/mol. The molecule has 0 bridgehead atoms. The van der Waals surface area contributed by atoms with Crippen molar-refractivity contribution in [2.75, 3.05) is 26.7 Å². The third-order valence-corrected chi connectivity index (χ3v) is 4.09. The van der Waals surface area contributed by atoms with Crippen LogP contribution in [0.25, 0.3) is 0 Å². The van der Waals surface area contributed by atoms with Gasteiger partial charge in [-0.05, 0) is 39.1 Å².